The zero-order valence-corrected chi connectivity index (χ0v) is 33.9. The second-order valence-corrected chi connectivity index (χ2v) is 11.7. The summed E-state index contributed by atoms with van der Waals surface area (Å²) >= 11 is 0. The predicted octanol–water partition coefficient (Wildman–Crippen LogP) is 1.68. The van der Waals surface area contributed by atoms with Gasteiger partial charge in [-0.1, -0.05) is 0 Å². The summed E-state index contributed by atoms with van der Waals surface area (Å²) in [7, 11) is 2.89. The summed E-state index contributed by atoms with van der Waals surface area (Å²) in [5.74, 6) is -0.0748. The van der Waals surface area contributed by atoms with Gasteiger partial charge in [0, 0.05) is 11.1 Å². The Morgan fingerprint density at radius 2 is 0.603 bits per heavy atom. The van der Waals surface area contributed by atoms with Crippen LogP contribution in [0.25, 0.3) is 0 Å². The van der Waals surface area contributed by atoms with Crippen LogP contribution in [0.15, 0.2) is 36.4 Å². The summed E-state index contributed by atoms with van der Waals surface area (Å²) in [4.78, 5) is 26.3. The zero-order chi connectivity index (χ0) is 41.7. The lowest BCUT2D eigenvalue weighted by atomic mass is 10.0. The van der Waals surface area contributed by atoms with Crippen LogP contribution in [-0.2, 0) is 47.4 Å². The Balaban J connectivity index is 1.59. The molecule has 18 nitrogen and oxygen atoms in total. The van der Waals surface area contributed by atoms with Crippen molar-refractivity contribution < 1.29 is 86.1 Å². The maximum Gasteiger partial charge on any atom is 0.233 e. The van der Waals surface area contributed by atoms with Gasteiger partial charge in [-0.15, -0.1) is 0 Å². The molecule has 0 unspecified atom stereocenters. The van der Waals surface area contributed by atoms with E-state index in [4.69, 9.17) is 76.5 Å². The lowest BCUT2D eigenvalue weighted by Crippen LogP contribution is -2.16. The van der Waals surface area contributed by atoms with Gasteiger partial charge in [0.2, 0.25) is 11.6 Å². The second kappa shape index (κ2) is 35.4. The maximum absolute atomic E-state index is 13.2. The Hall–Kier alpha value is -3.50. The van der Waals surface area contributed by atoms with Gasteiger partial charge in [0.05, 0.1) is 160 Å². The van der Waals surface area contributed by atoms with E-state index in [0.717, 1.165) is 0 Å². The molecule has 58 heavy (non-hydrogen) atoms. The van der Waals surface area contributed by atoms with E-state index in [9.17, 15) is 9.59 Å². The fourth-order valence-electron chi connectivity index (χ4n) is 4.63. The van der Waals surface area contributed by atoms with Crippen LogP contribution in [0.3, 0.4) is 0 Å². The van der Waals surface area contributed by atoms with Gasteiger partial charge < -0.3 is 76.5 Å². The van der Waals surface area contributed by atoms with Crippen molar-refractivity contribution in [2.75, 3.05) is 173 Å². The fourth-order valence-corrected chi connectivity index (χ4v) is 4.63. The highest BCUT2D eigenvalue weighted by Crippen LogP contribution is 2.31. The molecule has 0 saturated heterocycles. The first-order valence-corrected chi connectivity index (χ1v) is 19.3. The van der Waals surface area contributed by atoms with E-state index in [1.165, 1.54) is 38.5 Å². The summed E-state index contributed by atoms with van der Waals surface area (Å²) in [5.41, 5.74) is 0.275. The number of hydrogen-bond donors (Lipinski definition) is 2. The molecule has 2 rings (SSSR count). The Kier molecular flexibility index (Phi) is 30.9. The third-order valence-corrected chi connectivity index (χ3v) is 7.48. The van der Waals surface area contributed by atoms with E-state index in [0.29, 0.717) is 155 Å². The molecule has 0 radical (unpaired) electrons. The van der Waals surface area contributed by atoms with Crippen LogP contribution < -0.4 is 18.9 Å². The number of aliphatic hydroxyl groups is 2. The van der Waals surface area contributed by atoms with E-state index in [1.54, 1.807) is 12.1 Å². The van der Waals surface area contributed by atoms with Crippen LogP contribution in [0.5, 0.6) is 23.0 Å². The molecule has 0 aliphatic heterocycles. The number of carbonyl (C=O) groups is 2. The molecule has 18 heteroatoms. The van der Waals surface area contributed by atoms with Gasteiger partial charge >= 0.3 is 0 Å². The smallest absolute Gasteiger partial charge is 0.233 e. The largest absolute Gasteiger partial charge is 0.493 e. The van der Waals surface area contributed by atoms with Gasteiger partial charge in [0.1, 0.15) is 13.2 Å². The molecule has 0 spiro atoms. The first-order chi connectivity index (χ1) is 28.5. The first kappa shape index (κ1) is 50.6. The molecular formula is C40H62O18. The third kappa shape index (κ3) is 23.8. The minimum atomic E-state index is -0.726. The standard InChI is InChI=1S/C40H62O18/c1-45-37-31-33(3-5-35(37)57-29-27-55-25-23-53-21-19-51-17-15-49-13-11-47-9-7-41)39(43)40(44)34-4-6-36(38(32-34)46-2)58-30-28-56-26-24-54-22-20-52-18-16-50-14-12-48-10-8-42/h3-6,31-32,41-42H,7-30H2,1-2H3. The molecule has 0 heterocycles. The van der Waals surface area contributed by atoms with Crippen molar-refractivity contribution in [1.82, 2.24) is 0 Å². The summed E-state index contributed by atoms with van der Waals surface area (Å²) in [6.45, 7) is 8.48. The number of methoxy groups -OCH3 is 2. The van der Waals surface area contributed by atoms with Gasteiger partial charge in [0.25, 0.3) is 0 Å². The molecule has 2 aromatic carbocycles. The lowest BCUT2D eigenvalue weighted by Gasteiger charge is -2.13. The molecule has 0 fully saturated rings. The molecule has 0 aromatic heterocycles. The van der Waals surface area contributed by atoms with Gasteiger partial charge in [0.15, 0.2) is 23.0 Å². The number of rotatable bonds is 41. The summed E-state index contributed by atoms with van der Waals surface area (Å²) in [5, 5.41) is 17.3. The second-order valence-electron chi connectivity index (χ2n) is 11.7. The SMILES string of the molecule is COc1cc(C(=O)C(=O)c2ccc(OCCOCCOCCOCCOCCOCCO)c(OC)c2)ccc1OCCOCCOCCOCCOCCOCCO. The summed E-state index contributed by atoms with van der Waals surface area (Å²) < 4.78 is 76.1. The minimum Gasteiger partial charge on any atom is -0.493 e. The summed E-state index contributed by atoms with van der Waals surface area (Å²) in [6, 6.07) is 9.05. The molecule has 0 amide bonds. The van der Waals surface area contributed by atoms with Crippen molar-refractivity contribution in [2.45, 2.75) is 0 Å². The molecule has 0 atom stereocenters. The quantitative estimate of drug-likeness (QED) is 0.0556. The van der Waals surface area contributed by atoms with E-state index in [1.807, 2.05) is 0 Å². The van der Waals surface area contributed by atoms with Crippen LogP contribution in [-0.4, -0.2) is 195 Å². The minimum absolute atomic E-state index is 0.00331. The Morgan fingerprint density at radius 1 is 0.362 bits per heavy atom. The number of benzene rings is 2. The van der Waals surface area contributed by atoms with Crippen molar-refractivity contribution in [2.24, 2.45) is 0 Å². The van der Waals surface area contributed by atoms with Crippen LogP contribution in [0.2, 0.25) is 0 Å². The number of carbonyl (C=O) groups excluding carboxylic acids is 2. The molecule has 2 N–H and O–H groups in total. The van der Waals surface area contributed by atoms with Crippen molar-refractivity contribution in [3.63, 3.8) is 0 Å². The van der Waals surface area contributed by atoms with Crippen LogP contribution in [0, 0.1) is 0 Å². The molecule has 2 aromatic rings. The summed E-state index contributed by atoms with van der Waals surface area (Å²) in [6.07, 6.45) is 0. The van der Waals surface area contributed by atoms with Gasteiger partial charge in [-0.05, 0) is 36.4 Å². The maximum atomic E-state index is 13.2. The topological polar surface area (TPSA) is 204 Å². The molecule has 330 valence electrons. The van der Waals surface area contributed by atoms with Gasteiger partial charge in [-0.3, -0.25) is 9.59 Å². The van der Waals surface area contributed by atoms with Crippen molar-refractivity contribution >= 4 is 11.6 Å². The van der Waals surface area contributed by atoms with Gasteiger partial charge in [-0.25, -0.2) is 0 Å². The highest BCUT2D eigenvalue weighted by molar-refractivity contribution is 6.49. The molecular weight excluding hydrogens is 768 g/mol. The van der Waals surface area contributed by atoms with Crippen molar-refractivity contribution in [3.05, 3.63) is 47.5 Å². The normalized spacial score (nSPS) is 11.2. The number of ketones is 2. The van der Waals surface area contributed by atoms with Crippen molar-refractivity contribution in [3.8, 4) is 23.0 Å². The number of aliphatic hydroxyl groups excluding tert-OH is 2. The predicted molar refractivity (Wildman–Crippen MR) is 208 cm³/mol. The van der Waals surface area contributed by atoms with Gasteiger partial charge in [-0.2, -0.15) is 0 Å². The lowest BCUT2D eigenvalue weighted by molar-refractivity contribution is -0.0147. The van der Waals surface area contributed by atoms with E-state index in [-0.39, 0.29) is 37.6 Å². The number of ether oxygens (including phenoxy) is 14. The van der Waals surface area contributed by atoms with Crippen LogP contribution in [0.4, 0.5) is 0 Å². The van der Waals surface area contributed by atoms with Crippen LogP contribution >= 0.6 is 0 Å². The number of Topliss-reactive ketones (excluding diaryl/α,β-unsaturated/α-hetero) is 2. The molecule has 0 aliphatic rings. The zero-order valence-electron chi connectivity index (χ0n) is 33.9. The Labute approximate surface area is 340 Å². The molecule has 0 bridgehead atoms. The van der Waals surface area contributed by atoms with E-state index in [2.05, 4.69) is 0 Å². The number of hydrogen-bond acceptors (Lipinski definition) is 18. The van der Waals surface area contributed by atoms with Crippen molar-refractivity contribution in [1.29, 1.82) is 0 Å². The monoisotopic (exact) mass is 830 g/mol. The average molecular weight is 831 g/mol. The Morgan fingerprint density at radius 3 is 0.845 bits per heavy atom. The van der Waals surface area contributed by atoms with E-state index < -0.39 is 11.6 Å². The fraction of sp³-hybridized carbons (Fsp3) is 0.650. The molecule has 0 saturated carbocycles. The molecule has 0 aliphatic carbocycles. The third-order valence-electron chi connectivity index (χ3n) is 7.48. The first-order valence-electron chi connectivity index (χ1n) is 19.3. The van der Waals surface area contributed by atoms with E-state index >= 15 is 0 Å². The highest BCUT2D eigenvalue weighted by Gasteiger charge is 2.22. The van der Waals surface area contributed by atoms with Crippen LogP contribution in [0.1, 0.15) is 20.7 Å². The Bertz CT molecular complexity index is 1230. The average Bonchev–Trinajstić information content (AvgIpc) is 3.25. The highest BCUT2D eigenvalue weighted by atomic mass is 16.6.